The van der Waals surface area contributed by atoms with E-state index in [2.05, 4.69) is 29.4 Å². The number of halogens is 1. The molecular formula is C17H19ClN6O2. The predicted molar refractivity (Wildman–Crippen MR) is 96.8 cm³/mol. The molecule has 3 amide bonds. The number of carbonyl (C=O) groups excluding carboxylic acids is 2. The summed E-state index contributed by atoms with van der Waals surface area (Å²) in [4.78, 5) is 28.3. The predicted octanol–water partition coefficient (Wildman–Crippen LogP) is 2.12. The zero-order valence-corrected chi connectivity index (χ0v) is 15.4. The Morgan fingerprint density at radius 3 is 2.65 bits per heavy atom. The standard InChI is InChI=1S/C17H19ClN6O2/c1-9(2)8-23-12-14(25)19-17(26)22(3)15(12)24-13(20-21-16(23)24)10-6-4-5-7-11(10)18/h4-7,9,12,15H,8H2,1-3H3,(H,19,25,26). The van der Waals surface area contributed by atoms with Crippen molar-refractivity contribution in [3.05, 3.63) is 29.3 Å². The minimum Gasteiger partial charge on any atom is -0.325 e. The van der Waals surface area contributed by atoms with Gasteiger partial charge in [-0.3, -0.25) is 14.7 Å². The molecule has 2 atom stereocenters. The molecule has 2 aliphatic rings. The summed E-state index contributed by atoms with van der Waals surface area (Å²) in [6.07, 6.45) is -0.522. The maximum absolute atomic E-state index is 12.6. The van der Waals surface area contributed by atoms with Gasteiger partial charge in [-0.05, 0) is 18.1 Å². The number of carbonyl (C=O) groups is 2. The van der Waals surface area contributed by atoms with E-state index in [-0.39, 0.29) is 5.91 Å². The van der Waals surface area contributed by atoms with Crippen LogP contribution in [0.25, 0.3) is 11.4 Å². The highest BCUT2D eigenvalue weighted by molar-refractivity contribution is 6.33. The Kier molecular flexibility index (Phi) is 3.87. The Labute approximate surface area is 155 Å². The van der Waals surface area contributed by atoms with Crippen molar-refractivity contribution in [3.63, 3.8) is 0 Å². The van der Waals surface area contributed by atoms with E-state index in [0.29, 0.717) is 34.8 Å². The smallest absolute Gasteiger partial charge is 0.325 e. The molecule has 0 bridgehead atoms. The van der Waals surface area contributed by atoms with Crippen LogP contribution in [-0.2, 0) is 4.79 Å². The molecule has 1 N–H and O–H groups in total. The zero-order chi connectivity index (χ0) is 18.6. The third-order valence-corrected chi connectivity index (χ3v) is 5.04. The number of hydrogen-bond acceptors (Lipinski definition) is 5. The second-order valence-electron chi connectivity index (χ2n) is 6.98. The van der Waals surface area contributed by atoms with Gasteiger partial charge in [-0.1, -0.05) is 37.6 Å². The van der Waals surface area contributed by atoms with Crippen LogP contribution in [0.3, 0.4) is 0 Å². The minimum absolute atomic E-state index is 0.304. The van der Waals surface area contributed by atoms with Gasteiger partial charge in [0.15, 0.2) is 11.9 Å². The van der Waals surface area contributed by atoms with E-state index in [1.54, 1.807) is 13.1 Å². The van der Waals surface area contributed by atoms with Gasteiger partial charge in [-0.25, -0.2) is 4.79 Å². The number of rotatable bonds is 3. The molecule has 1 fully saturated rings. The van der Waals surface area contributed by atoms with Gasteiger partial charge < -0.3 is 9.80 Å². The van der Waals surface area contributed by atoms with Crippen molar-refractivity contribution in [2.45, 2.75) is 26.1 Å². The van der Waals surface area contributed by atoms with Crippen LogP contribution < -0.4 is 10.2 Å². The topological polar surface area (TPSA) is 83.4 Å². The maximum atomic E-state index is 12.6. The number of imide groups is 1. The van der Waals surface area contributed by atoms with Crippen LogP contribution >= 0.6 is 11.6 Å². The van der Waals surface area contributed by atoms with E-state index < -0.39 is 18.2 Å². The molecule has 0 spiro atoms. The number of hydrogen-bond donors (Lipinski definition) is 1. The SMILES string of the molecule is CC(C)CN1c2nnc(-c3ccccc3Cl)n2C2C1C(=O)NC(=O)N2C. The van der Waals surface area contributed by atoms with Gasteiger partial charge in [-0.2, -0.15) is 0 Å². The van der Waals surface area contributed by atoms with Gasteiger partial charge in [0.25, 0.3) is 5.91 Å². The molecule has 3 heterocycles. The molecule has 1 saturated heterocycles. The largest absolute Gasteiger partial charge is 0.325 e. The first-order chi connectivity index (χ1) is 12.4. The first kappa shape index (κ1) is 16.8. The van der Waals surface area contributed by atoms with E-state index in [9.17, 15) is 9.59 Å². The summed E-state index contributed by atoms with van der Waals surface area (Å²) in [6, 6.07) is 6.34. The molecule has 1 aromatic carbocycles. The fraction of sp³-hybridized carbons (Fsp3) is 0.412. The van der Waals surface area contributed by atoms with Crippen molar-refractivity contribution in [1.29, 1.82) is 0 Å². The van der Waals surface area contributed by atoms with Gasteiger partial charge in [0, 0.05) is 19.2 Å². The highest BCUT2D eigenvalue weighted by Crippen LogP contribution is 2.42. The first-order valence-corrected chi connectivity index (χ1v) is 8.82. The first-order valence-electron chi connectivity index (χ1n) is 8.44. The molecular weight excluding hydrogens is 356 g/mol. The number of urea groups is 1. The van der Waals surface area contributed by atoms with Crippen LogP contribution in [0.5, 0.6) is 0 Å². The van der Waals surface area contributed by atoms with E-state index >= 15 is 0 Å². The molecule has 8 nitrogen and oxygen atoms in total. The number of nitrogens with zero attached hydrogens (tertiary/aromatic N) is 5. The number of nitrogens with one attached hydrogen (secondary N) is 1. The van der Waals surface area contributed by atoms with Crippen LogP contribution in [0, 0.1) is 5.92 Å². The molecule has 0 saturated carbocycles. The number of benzene rings is 1. The van der Waals surface area contributed by atoms with Gasteiger partial charge >= 0.3 is 6.03 Å². The van der Waals surface area contributed by atoms with E-state index in [4.69, 9.17) is 11.6 Å². The Balaban J connectivity index is 1.90. The van der Waals surface area contributed by atoms with E-state index in [1.807, 2.05) is 27.7 Å². The molecule has 2 aliphatic heterocycles. The van der Waals surface area contributed by atoms with Crippen molar-refractivity contribution in [2.75, 3.05) is 18.5 Å². The number of amides is 3. The third kappa shape index (κ3) is 2.36. The lowest BCUT2D eigenvalue weighted by molar-refractivity contribution is -0.124. The summed E-state index contributed by atoms with van der Waals surface area (Å²) < 4.78 is 1.84. The average molecular weight is 375 g/mol. The molecule has 9 heteroatoms. The Morgan fingerprint density at radius 1 is 1.23 bits per heavy atom. The summed E-state index contributed by atoms with van der Waals surface area (Å²) in [5.41, 5.74) is 0.713. The number of likely N-dealkylation sites (N-methyl/N-ethyl adjacent to an activating group) is 1. The Bertz CT molecular complexity index is 895. The molecule has 0 radical (unpaired) electrons. The fourth-order valence-electron chi connectivity index (χ4n) is 3.61. The van der Waals surface area contributed by atoms with Crippen molar-refractivity contribution < 1.29 is 9.59 Å². The van der Waals surface area contributed by atoms with Crippen molar-refractivity contribution >= 4 is 29.5 Å². The van der Waals surface area contributed by atoms with Crippen molar-refractivity contribution in [3.8, 4) is 11.4 Å². The lowest BCUT2D eigenvalue weighted by Crippen LogP contribution is -2.61. The lowest BCUT2D eigenvalue weighted by atomic mass is 10.1. The number of aromatic nitrogens is 3. The average Bonchev–Trinajstić information content (AvgIpc) is 3.12. The van der Waals surface area contributed by atoms with Crippen LogP contribution in [0.1, 0.15) is 20.0 Å². The van der Waals surface area contributed by atoms with Crippen molar-refractivity contribution in [2.24, 2.45) is 5.92 Å². The number of anilines is 1. The zero-order valence-electron chi connectivity index (χ0n) is 14.7. The van der Waals surface area contributed by atoms with Gasteiger partial charge in [0.2, 0.25) is 5.95 Å². The quantitative estimate of drug-likeness (QED) is 0.889. The lowest BCUT2D eigenvalue weighted by Gasteiger charge is -2.37. The summed E-state index contributed by atoms with van der Waals surface area (Å²) in [5.74, 6) is 1.09. The Hall–Kier alpha value is -2.61. The van der Waals surface area contributed by atoms with E-state index in [0.717, 1.165) is 0 Å². The Morgan fingerprint density at radius 2 is 1.96 bits per heavy atom. The number of fused-ring (bicyclic) bond motifs is 3. The second kappa shape index (κ2) is 5.98. The van der Waals surface area contributed by atoms with Crippen LogP contribution in [0.4, 0.5) is 10.7 Å². The fourth-order valence-corrected chi connectivity index (χ4v) is 3.83. The van der Waals surface area contributed by atoms with Crippen LogP contribution in [-0.4, -0.2) is 51.2 Å². The third-order valence-electron chi connectivity index (χ3n) is 4.71. The normalized spacial score (nSPS) is 21.9. The monoisotopic (exact) mass is 374 g/mol. The van der Waals surface area contributed by atoms with Crippen LogP contribution in [0.15, 0.2) is 24.3 Å². The highest BCUT2D eigenvalue weighted by Gasteiger charge is 2.52. The molecule has 2 aromatic rings. The minimum atomic E-state index is -0.549. The van der Waals surface area contributed by atoms with Gasteiger partial charge in [0.1, 0.15) is 6.17 Å². The summed E-state index contributed by atoms with van der Waals surface area (Å²) in [5, 5.41) is 11.6. The maximum Gasteiger partial charge on any atom is 0.325 e. The molecule has 0 aliphatic carbocycles. The highest BCUT2D eigenvalue weighted by atomic mass is 35.5. The summed E-state index contributed by atoms with van der Waals surface area (Å²) in [6.45, 7) is 4.76. The molecule has 1 aromatic heterocycles. The molecule has 2 unspecified atom stereocenters. The van der Waals surface area contributed by atoms with E-state index in [1.165, 1.54) is 4.90 Å². The van der Waals surface area contributed by atoms with Gasteiger partial charge in [-0.15, -0.1) is 10.2 Å². The molecule has 136 valence electrons. The van der Waals surface area contributed by atoms with Crippen molar-refractivity contribution in [1.82, 2.24) is 25.0 Å². The summed E-state index contributed by atoms with van der Waals surface area (Å²) >= 11 is 6.35. The molecule has 4 rings (SSSR count). The van der Waals surface area contributed by atoms with Gasteiger partial charge in [0.05, 0.1) is 5.02 Å². The second-order valence-corrected chi connectivity index (χ2v) is 7.39. The summed E-state index contributed by atoms with van der Waals surface area (Å²) in [7, 11) is 1.67. The van der Waals surface area contributed by atoms with Crippen LogP contribution in [0.2, 0.25) is 5.02 Å². The molecule has 26 heavy (non-hydrogen) atoms.